The molecule has 0 saturated heterocycles. The van der Waals surface area contributed by atoms with Crippen molar-refractivity contribution in [3.63, 3.8) is 0 Å². The van der Waals surface area contributed by atoms with Gasteiger partial charge < -0.3 is 5.73 Å². The lowest BCUT2D eigenvalue weighted by molar-refractivity contribution is 0.429. The predicted molar refractivity (Wildman–Crippen MR) is 69.5 cm³/mol. The summed E-state index contributed by atoms with van der Waals surface area (Å²) in [6, 6.07) is 8.32. The van der Waals surface area contributed by atoms with Crippen LogP contribution in [0.1, 0.15) is 30.0 Å². The Balaban J connectivity index is 1.94. The fourth-order valence-electron chi connectivity index (χ4n) is 2.60. The molecule has 2 N–H and O–H groups in total. The monoisotopic (exact) mass is 253 g/mol. The van der Waals surface area contributed by atoms with Gasteiger partial charge in [-0.1, -0.05) is 24.3 Å². The van der Waals surface area contributed by atoms with Gasteiger partial charge in [-0.15, -0.1) is 0 Å². The van der Waals surface area contributed by atoms with Gasteiger partial charge in [-0.3, -0.25) is 0 Å². The Morgan fingerprint density at radius 3 is 2.71 bits per heavy atom. The molecule has 94 valence electrons. The summed E-state index contributed by atoms with van der Waals surface area (Å²) in [5.41, 5.74) is 8.75. The number of hydrogen-bond donors (Lipinski definition) is 1. The van der Waals surface area contributed by atoms with Crippen LogP contribution in [0.2, 0.25) is 0 Å². The molecule has 2 atom stereocenters. The Morgan fingerprint density at radius 2 is 2.06 bits per heavy atom. The van der Waals surface area contributed by atoms with Gasteiger partial charge in [0.05, 0.1) is 0 Å². The van der Waals surface area contributed by atoms with Crippen molar-refractivity contribution < 1.29 is 8.42 Å². The number of fused-ring (bicyclic) bond motifs is 1. The number of rotatable bonds is 4. The van der Waals surface area contributed by atoms with Crippen LogP contribution < -0.4 is 5.73 Å². The lowest BCUT2D eigenvalue weighted by Gasteiger charge is -2.15. The van der Waals surface area contributed by atoms with Gasteiger partial charge in [-0.25, -0.2) is 8.42 Å². The van der Waals surface area contributed by atoms with Crippen molar-refractivity contribution in [1.82, 2.24) is 0 Å². The Kier molecular flexibility index (Phi) is 3.54. The molecule has 1 aliphatic rings. The maximum Gasteiger partial charge on any atom is 0.147 e. The van der Waals surface area contributed by atoms with Crippen molar-refractivity contribution >= 4 is 9.84 Å². The predicted octanol–water partition coefficient (Wildman–Crippen LogP) is 1.68. The van der Waals surface area contributed by atoms with Crippen LogP contribution >= 0.6 is 0 Å². The second-order valence-electron chi connectivity index (χ2n) is 4.96. The molecule has 0 aromatic heterocycles. The molecule has 1 aromatic rings. The maximum absolute atomic E-state index is 11.1. The van der Waals surface area contributed by atoms with Gasteiger partial charge in [0.2, 0.25) is 0 Å². The lowest BCUT2D eigenvalue weighted by Crippen LogP contribution is -2.17. The number of hydrogen-bond acceptors (Lipinski definition) is 3. The zero-order valence-electron chi connectivity index (χ0n) is 10.1. The lowest BCUT2D eigenvalue weighted by atomic mass is 9.96. The quantitative estimate of drug-likeness (QED) is 0.888. The third kappa shape index (κ3) is 3.07. The second kappa shape index (κ2) is 4.78. The molecule has 2 unspecified atom stereocenters. The van der Waals surface area contributed by atoms with E-state index in [0.29, 0.717) is 12.3 Å². The average molecular weight is 253 g/mol. The van der Waals surface area contributed by atoms with Crippen LogP contribution in [0.5, 0.6) is 0 Å². The average Bonchev–Trinajstić information content (AvgIpc) is 2.55. The molecule has 1 aromatic carbocycles. The van der Waals surface area contributed by atoms with Crippen molar-refractivity contribution in [2.75, 3.05) is 12.0 Å². The van der Waals surface area contributed by atoms with Crippen LogP contribution in [0.25, 0.3) is 0 Å². The van der Waals surface area contributed by atoms with E-state index in [1.165, 1.54) is 17.4 Å². The van der Waals surface area contributed by atoms with Crippen molar-refractivity contribution in [1.29, 1.82) is 0 Å². The summed E-state index contributed by atoms with van der Waals surface area (Å²) in [6.45, 7) is 0. The summed E-state index contributed by atoms with van der Waals surface area (Å²) in [6.07, 6.45) is 3.88. The molecule has 1 aliphatic carbocycles. The van der Waals surface area contributed by atoms with Crippen LogP contribution in [0.15, 0.2) is 24.3 Å². The summed E-state index contributed by atoms with van der Waals surface area (Å²) < 4.78 is 22.1. The Hall–Kier alpha value is -0.870. The maximum atomic E-state index is 11.1. The highest BCUT2D eigenvalue weighted by Crippen LogP contribution is 2.36. The zero-order chi connectivity index (χ0) is 12.5. The molecule has 2 rings (SSSR count). The number of benzene rings is 1. The van der Waals surface area contributed by atoms with Crippen molar-refractivity contribution in [3.8, 4) is 0 Å². The summed E-state index contributed by atoms with van der Waals surface area (Å²) in [5, 5.41) is 0. The minimum atomic E-state index is -2.84. The first-order chi connectivity index (χ1) is 7.97. The van der Waals surface area contributed by atoms with Gasteiger partial charge in [-0.05, 0) is 36.3 Å². The van der Waals surface area contributed by atoms with E-state index in [4.69, 9.17) is 5.73 Å². The van der Waals surface area contributed by atoms with Crippen LogP contribution in [-0.4, -0.2) is 20.4 Å². The van der Waals surface area contributed by atoms with E-state index < -0.39 is 9.84 Å². The van der Waals surface area contributed by atoms with E-state index >= 15 is 0 Å². The van der Waals surface area contributed by atoms with Crippen molar-refractivity contribution in [2.24, 2.45) is 11.7 Å². The van der Waals surface area contributed by atoms with Gasteiger partial charge in [0.25, 0.3) is 0 Å². The summed E-state index contributed by atoms with van der Waals surface area (Å²) in [4.78, 5) is 0. The first-order valence-corrected chi connectivity index (χ1v) is 8.04. The van der Waals surface area contributed by atoms with Crippen molar-refractivity contribution in [3.05, 3.63) is 35.4 Å². The second-order valence-corrected chi connectivity index (χ2v) is 7.22. The third-order valence-corrected chi connectivity index (χ3v) is 4.52. The van der Waals surface area contributed by atoms with Gasteiger partial charge in [0.1, 0.15) is 9.84 Å². The van der Waals surface area contributed by atoms with Crippen LogP contribution in [0, 0.1) is 5.92 Å². The topological polar surface area (TPSA) is 60.2 Å². The normalized spacial score (nSPS) is 23.6. The smallest absolute Gasteiger partial charge is 0.147 e. The molecule has 0 saturated carbocycles. The summed E-state index contributed by atoms with van der Waals surface area (Å²) >= 11 is 0. The molecule has 0 heterocycles. The molecule has 0 spiro atoms. The fraction of sp³-hybridized carbons (Fsp3) is 0.538. The van der Waals surface area contributed by atoms with E-state index in [-0.39, 0.29) is 11.8 Å². The van der Waals surface area contributed by atoms with Gasteiger partial charge in [-0.2, -0.15) is 0 Å². The highest BCUT2D eigenvalue weighted by molar-refractivity contribution is 7.90. The minimum Gasteiger partial charge on any atom is -0.324 e. The largest absolute Gasteiger partial charge is 0.324 e. The van der Waals surface area contributed by atoms with E-state index in [2.05, 4.69) is 12.1 Å². The third-order valence-electron chi connectivity index (χ3n) is 3.49. The zero-order valence-corrected chi connectivity index (χ0v) is 10.9. The summed E-state index contributed by atoms with van der Waals surface area (Å²) in [5.74, 6) is 0.668. The molecule has 3 nitrogen and oxygen atoms in total. The van der Waals surface area contributed by atoms with Crippen LogP contribution in [-0.2, 0) is 16.3 Å². The SMILES string of the molecule is CS(=O)(=O)CCCC1Cc2ccccc2C1N. The fourth-order valence-corrected chi connectivity index (χ4v) is 3.29. The molecule has 0 amide bonds. The molecule has 0 bridgehead atoms. The van der Waals surface area contributed by atoms with Crippen LogP contribution in [0.3, 0.4) is 0 Å². The van der Waals surface area contributed by atoms with Gasteiger partial charge in [0.15, 0.2) is 0 Å². The Bertz CT molecular complexity index is 496. The molecule has 17 heavy (non-hydrogen) atoms. The Morgan fingerprint density at radius 1 is 1.35 bits per heavy atom. The molecular formula is C13H19NO2S. The summed E-state index contributed by atoms with van der Waals surface area (Å²) in [7, 11) is -2.84. The van der Waals surface area contributed by atoms with Crippen molar-refractivity contribution in [2.45, 2.75) is 25.3 Å². The van der Waals surface area contributed by atoms with Gasteiger partial charge in [0, 0.05) is 18.1 Å². The number of nitrogens with two attached hydrogens (primary N) is 1. The molecule has 0 aliphatic heterocycles. The standard InChI is InChI=1S/C13H19NO2S/c1-17(15,16)8-4-6-11-9-10-5-2-3-7-12(10)13(11)14/h2-3,5,7,11,13H,4,6,8-9,14H2,1H3. The van der Waals surface area contributed by atoms with Crippen LogP contribution in [0.4, 0.5) is 0 Å². The highest BCUT2D eigenvalue weighted by atomic mass is 32.2. The first kappa shape index (κ1) is 12.6. The molecular weight excluding hydrogens is 234 g/mol. The van der Waals surface area contributed by atoms with Gasteiger partial charge >= 0.3 is 0 Å². The molecule has 4 heteroatoms. The Labute approximate surface area is 103 Å². The van der Waals surface area contributed by atoms with E-state index in [9.17, 15) is 8.42 Å². The van der Waals surface area contributed by atoms with E-state index in [1.807, 2.05) is 12.1 Å². The highest BCUT2D eigenvalue weighted by Gasteiger charge is 2.28. The van der Waals surface area contributed by atoms with E-state index in [0.717, 1.165) is 12.8 Å². The number of sulfone groups is 1. The minimum absolute atomic E-state index is 0.0748. The molecule has 0 fully saturated rings. The first-order valence-electron chi connectivity index (χ1n) is 5.98. The molecule has 0 radical (unpaired) electrons. The van der Waals surface area contributed by atoms with E-state index in [1.54, 1.807) is 0 Å².